The first-order chi connectivity index (χ1) is 8.28. The number of nitrogens with zero attached hydrogens (tertiary/aromatic N) is 3. The van der Waals surface area contributed by atoms with Gasteiger partial charge in [0.05, 0.1) is 6.54 Å². The first-order valence-corrected chi connectivity index (χ1v) is 6.50. The molecule has 6 heteroatoms. The van der Waals surface area contributed by atoms with Gasteiger partial charge in [-0.1, -0.05) is 5.16 Å². The van der Waals surface area contributed by atoms with Gasteiger partial charge in [-0.05, 0) is 38.6 Å². The molecule has 0 saturated heterocycles. The lowest BCUT2D eigenvalue weighted by atomic mass is 10.1. The van der Waals surface area contributed by atoms with E-state index in [-0.39, 0.29) is 12.4 Å². The number of halogens is 1. The molecule has 1 aromatic heterocycles. The summed E-state index contributed by atoms with van der Waals surface area (Å²) in [4.78, 5) is 6.71. The van der Waals surface area contributed by atoms with Crippen LogP contribution in [0, 0.1) is 5.92 Å². The molecule has 0 bridgehead atoms. The molecule has 102 valence electrons. The van der Waals surface area contributed by atoms with E-state index in [1.54, 1.807) is 0 Å². The van der Waals surface area contributed by atoms with E-state index >= 15 is 0 Å². The third kappa shape index (κ3) is 3.02. The Labute approximate surface area is 114 Å². The van der Waals surface area contributed by atoms with Crippen LogP contribution in [0.15, 0.2) is 4.52 Å². The first-order valence-electron chi connectivity index (χ1n) is 6.50. The van der Waals surface area contributed by atoms with Gasteiger partial charge in [0.1, 0.15) is 0 Å². The van der Waals surface area contributed by atoms with Crippen LogP contribution >= 0.6 is 12.4 Å². The number of likely N-dealkylation sites (N-methyl/N-ethyl adjacent to an activating group) is 1. The zero-order valence-electron chi connectivity index (χ0n) is 10.7. The van der Waals surface area contributed by atoms with Crippen LogP contribution < -0.4 is 5.73 Å². The van der Waals surface area contributed by atoms with Crippen molar-refractivity contribution in [2.24, 2.45) is 11.7 Å². The summed E-state index contributed by atoms with van der Waals surface area (Å²) in [5.74, 6) is 2.94. The summed E-state index contributed by atoms with van der Waals surface area (Å²) in [7, 11) is 2.10. The molecule has 0 aromatic carbocycles. The molecule has 2 saturated carbocycles. The Morgan fingerprint density at radius 3 is 2.67 bits per heavy atom. The summed E-state index contributed by atoms with van der Waals surface area (Å²) >= 11 is 0. The van der Waals surface area contributed by atoms with E-state index < -0.39 is 0 Å². The van der Waals surface area contributed by atoms with E-state index in [0.717, 1.165) is 24.2 Å². The van der Waals surface area contributed by atoms with Crippen molar-refractivity contribution in [1.82, 2.24) is 15.0 Å². The van der Waals surface area contributed by atoms with Crippen molar-refractivity contribution in [3.05, 3.63) is 11.7 Å². The van der Waals surface area contributed by atoms with Crippen LogP contribution in [0.25, 0.3) is 0 Å². The molecule has 5 nitrogen and oxygen atoms in total. The standard InChI is InChI=1S/C12H20N4O.ClH/c1-16(10(6-13)8-2-3-8)7-11-14-12(17-15-11)9-4-5-9;/h8-10H,2-7,13H2,1H3;1H. The summed E-state index contributed by atoms with van der Waals surface area (Å²) in [6, 6.07) is 0.470. The summed E-state index contributed by atoms with van der Waals surface area (Å²) in [6.45, 7) is 1.46. The van der Waals surface area contributed by atoms with Crippen molar-refractivity contribution in [2.45, 2.75) is 44.2 Å². The fourth-order valence-corrected chi connectivity index (χ4v) is 2.38. The van der Waals surface area contributed by atoms with Gasteiger partial charge in [-0.15, -0.1) is 12.4 Å². The highest BCUT2D eigenvalue weighted by Crippen LogP contribution is 2.39. The Morgan fingerprint density at radius 1 is 1.39 bits per heavy atom. The van der Waals surface area contributed by atoms with Crippen LogP contribution in [0.3, 0.4) is 0 Å². The maximum atomic E-state index is 5.83. The van der Waals surface area contributed by atoms with E-state index in [1.807, 2.05) is 0 Å². The minimum atomic E-state index is 0. The molecule has 1 atom stereocenters. The molecule has 1 unspecified atom stereocenters. The SMILES string of the molecule is CN(Cc1noc(C2CC2)n1)C(CN)C1CC1.Cl. The lowest BCUT2D eigenvalue weighted by Crippen LogP contribution is -2.39. The van der Waals surface area contributed by atoms with Crippen molar-refractivity contribution in [3.8, 4) is 0 Å². The maximum Gasteiger partial charge on any atom is 0.229 e. The number of hydrogen-bond acceptors (Lipinski definition) is 5. The number of nitrogens with two attached hydrogens (primary N) is 1. The Balaban J connectivity index is 0.00000120. The van der Waals surface area contributed by atoms with Crippen molar-refractivity contribution < 1.29 is 4.52 Å². The molecule has 18 heavy (non-hydrogen) atoms. The summed E-state index contributed by atoms with van der Waals surface area (Å²) in [5.41, 5.74) is 5.83. The Kier molecular flexibility index (Phi) is 4.25. The zero-order chi connectivity index (χ0) is 11.8. The molecule has 2 aliphatic rings. The molecule has 2 aliphatic carbocycles. The highest BCUT2D eigenvalue weighted by molar-refractivity contribution is 5.85. The highest BCUT2D eigenvalue weighted by Gasteiger charge is 2.34. The van der Waals surface area contributed by atoms with Crippen LogP contribution in [-0.4, -0.2) is 34.7 Å². The fraction of sp³-hybridized carbons (Fsp3) is 0.833. The Morgan fingerprint density at radius 2 is 2.11 bits per heavy atom. The van der Waals surface area contributed by atoms with Gasteiger partial charge < -0.3 is 10.3 Å². The third-order valence-electron chi connectivity index (χ3n) is 3.78. The molecule has 3 rings (SSSR count). The maximum absolute atomic E-state index is 5.83. The predicted molar refractivity (Wildman–Crippen MR) is 70.6 cm³/mol. The van der Waals surface area contributed by atoms with Gasteiger partial charge in [0.2, 0.25) is 5.89 Å². The average molecular weight is 273 g/mol. The smallest absolute Gasteiger partial charge is 0.229 e. The number of rotatable bonds is 6. The van der Waals surface area contributed by atoms with E-state index in [4.69, 9.17) is 10.3 Å². The van der Waals surface area contributed by atoms with Crippen LogP contribution in [-0.2, 0) is 6.54 Å². The molecular weight excluding hydrogens is 252 g/mol. The van der Waals surface area contributed by atoms with Gasteiger partial charge in [-0.2, -0.15) is 4.98 Å². The summed E-state index contributed by atoms with van der Waals surface area (Å²) in [5, 5.41) is 4.05. The van der Waals surface area contributed by atoms with Gasteiger partial charge in [0.25, 0.3) is 0 Å². The molecule has 2 N–H and O–H groups in total. The number of aromatic nitrogens is 2. The summed E-state index contributed by atoms with van der Waals surface area (Å²) < 4.78 is 5.26. The monoisotopic (exact) mass is 272 g/mol. The zero-order valence-corrected chi connectivity index (χ0v) is 11.5. The van der Waals surface area contributed by atoms with E-state index in [1.165, 1.54) is 25.7 Å². The van der Waals surface area contributed by atoms with Gasteiger partial charge in [0.15, 0.2) is 5.82 Å². The van der Waals surface area contributed by atoms with Crippen LogP contribution in [0.5, 0.6) is 0 Å². The van der Waals surface area contributed by atoms with Gasteiger partial charge >= 0.3 is 0 Å². The second-order valence-electron chi connectivity index (χ2n) is 5.38. The van der Waals surface area contributed by atoms with Crippen LogP contribution in [0.4, 0.5) is 0 Å². The quantitative estimate of drug-likeness (QED) is 0.851. The minimum absolute atomic E-state index is 0. The van der Waals surface area contributed by atoms with Gasteiger partial charge in [-0.3, -0.25) is 4.90 Å². The van der Waals surface area contributed by atoms with Gasteiger partial charge in [0, 0.05) is 18.5 Å². The second-order valence-corrected chi connectivity index (χ2v) is 5.38. The van der Waals surface area contributed by atoms with E-state index in [0.29, 0.717) is 18.5 Å². The fourth-order valence-electron chi connectivity index (χ4n) is 2.38. The first kappa shape index (κ1) is 13.8. The molecular formula is C12H21ClN4O. The van der Waals surface area contributed by atoms with Crippen molar-refractivity contribution >= 4 is 12.4 Å². The molecule has 1 aromatic rings. The highest BCUT2D eigenvalue weighted by atomic mass is 35.5. The molecule has 0 aliphatic heterocycles. The van der Waals surface area contributed by atoms with Crippen LogP contribution in [0.2, 0.25) is 0 Å². The molecule has 2 fully saturated rings. The largest absolute Gasteiger partial charge is 0.339 e. The average Bonchev–Trinajstić information content (AvgIpc) is 3.20. The van der Waals surface area contributed by atoms with Crippen LogP contribution in [0.1, 0.15) is 43.3 Å². The van der Waals surface area contributed by atoms with Crippen molar-refractivity contribution in [3.63, 3.8) is 0 Å². The van der Waals surface area contributed by atoms with E-state index in [9.17, 15) is 0 Å². The molecule has 0 amide bonds. The Hall–Kier alpha value is -0.650. The third-order valence-corrected chi connectivity index (χ3v) is 3.78. The van der Waals surface area contributed by atoms with E-state index in [2.05, 4.69) is 22.1 Å². The van der Waals surface area contributed by atoms with Crippen molar-refractivity contribution in [2.75, 3.05) is 13.6 Å². The van der Waals surface area contributed by atoms with Crippen molar-refractivity contribution in [1.29, 1.82) is 0 Å². The number of hydrogen-bond donors (Lipinski definition) is 1. The molecule has 1 heterocycles. The predicted octanol–water partition coefficient (Wildman–Crippen LogP) is 1.54. The molecule has 0 radical (unpaired) electrons. The topological polar surface area (TPSA) is 68.2 Å². The summed E-state index contributed by atoms with van der Waals surface area (Å²) in [6.07, 6.45) is 5.02. The lowest BCUT2D eigenvalue weighted by molar-refractivity contribution is 0.208. The van der Waals surface area contributed by atoms with Gasteiger partial charge in [-0.25, -0.2) is 0 Å². The molecule has 0 spiro atoms. The lowest BCUT2D eigenvalue weighted by Gasteiger charge is -2.25. The minimum Gasteiger partial charge on any atom is -0.339 e. The Bertz CT molecular complexity index is 389. The normalized spacial score (nSPS) is 20.8. The second kappa shape index (κ2) is 5.55.